The molecule has 0 fully saturated rings. The second-order valence-electron chi connectivity index (χ2n) is 6.43. The van der Waals surface area contributed by atoms with Crippen LogP contribution in [0, 0.1) is 0 Å². The van der Waals surface area contributed by atoms with E-state index in [1.54, 1.807) is 36.1 Å². The van der Waals surface area contributed by atoms with E-state index in [-0.39, 0.29) is 23.2 Å². The Morgan fingerprint density at radius 3 is 2.66 bits per heavy atom. The maximum atomic E-state index is 13.4. The molecule has 1 heterocycles. The fourth-order valence-corrected chi connectivity index (χ4v) is 2.76. The summed E-state index contributed by atoms with van der Waals surface area (Å²) in [4.78, 5) is 12.2. The van der Waals surface area contributed by atoms with Gasteiger partial charge in [0.05, 0.1) is 12.2 Å². The maximum absolute atomic E-state index is 13.4. The first kappa shape index (κ1) is 22.6. The van der Waals surface area contributed by atoms with Crippen LogP contribution < -0.4 is 19.9 Å². The van der Waals surface area contributed by atoms with E-state index < -0.39 is 17.6 Å². The van der Waals surface area contributed by atoms with E-state index in [2.05, 4.69) is 10.6 Å². The molecule has 2 aromatic rings. The number of amides is 1. The summed E-state index contributed by atoms with van der Waals surface area (Å²) in [5.41, 5.74) is -0.434. The van der Waals surface area contributed by atoms with Crippen LogP contribution >= 0.6 is 12.2 Å². The van der Waals surface area contributed by atoms with Gasteiger partial charge in [0.2, 0.25) is 0 Å². The number of nitrogens with one attached hydrogen (secondary N) is 2. The Balaban J connectivity index is 2.07. The number of hydrogen-bond donors (Lipinski definition) is 2. The number of anilines is 1. The van der Waals surface area contributed by atoms with E-state index in [1.807, 2.05) is 6.92 Å². The predicted octanol–water partition coefficient (Wildman–Crippen LogP) is 4.23. The van der Waals surface area contributed by atoms with E-state index >= 15 is 0 Å². The predicted molar refractivity (Wildman–Crippen MR) is 108 cm³/mol. The molecule has 29 heavy (non-hydrogen) atoms. The van der Waals surface area contributed by atoms with Crippen molar-refractivity contribution in [1.29, 1.82) is 0 Å². The molecule has 0 unspecified atom stereocenters. The van der Waals surface area contributed by atoms with Crippen LogP contribution in [0.25, 0.3) is 0 Å². The molecule has 1 aromatic carbocycles. The number of unbranched alkanes of at least 4 members (excludes halogenated alkanes) is 2. The van der Waals surface area contributed by atoms with Crippen molar-refractivity contribution >= 4 is 28.9 Å². The number of nitrogens with zero attached hydrogens (tertiary/aromatic N) is 1. The number of aryl methyl sites for hydroxylation is 1. The molecule has 0 atom stereocenters. The fourth-order valence-electron chi connectivity index (χ4n) is 2.55. The van der Waals surface area contributed by atoms with Crippen LogP contribution in [-0.4, -0.2) is 17.6 Å². The fraction of sp³-hybridized carbons (Fsp3) is 0.350. The lowest BCUT2D eigenvalue weighted by atomic mass is 10.1. The number of alkyl halides is 3. The summed E-state index contributed by atoms with van der Waals surface area (Å²) in [6, 6.07) is 6.88. The van der Waals surface area contributed by atoms with Crippen molar-refractivity contribution in [3.8, 4) is 5.75 Å². The number of carbonyl (C=O) groups is 1. The molecule has 0 radical (unpaired) electrons. The summed E-state index contributed by atoms with van der Waals surface area (Å²) in [6.07, 6.45) is 1.29. The highest BCUT2D eigenvalue weighted by atomic mass is 32.1. The van der Waals surface area contributed by atoms with E-state index in [1.165, 1.54) is 12.1 Å². The molecular formula is C20H23F3N3O2S+. The highest BCUT2D eigenvalue weighted by Gasteiger charge is 2.34. The van der Waals surface area contributed by atoms with Crippen molar-refractivity contribution in [3.63, 3.8) is 0 Å². The Bertz CT molecular complexity index is 872. The highest BCUT2D eigenvalue weighted by molar-refractivity contribution is 7.80. The third-order valence-electron chi connectivity index (χ3n) is 3.98. The third-order valence-corrected chi connectivity index (χ3v) is 4.18. The Hall–Kier alpha value is -2.68. The molecule has 0 aliphatic carbocycles. The summed E-state index contributed by atoms with van der Waals surface area (Å²) in [6.45, 7) is 2.22. The van der Waals surface area contributed by atoms with E-state index in [0.29, 0.717) is 12.0 Å². The van der Waals surface area contributed by atoms with E-state index in [4.69, 9.17) is 17.0 Å². The number of ether oxygens (including phenoxy) is 1. The van der Waals surface area contributed by atoms with Crippen LogP contribution in [0.1, 0.15) is 42.1 Å². The number of aromatic nitrogens is 1. The van der Waals surface area contributed by atoms with Crippen molar-refractivity contribution < 1.29 is 27.3 Å². The average Bonchev–Trinajstić information content (AvgIpc) is 2.65. The van der Waals surface area contributed by atoms with Crippen molar-refractivity contribution in [1.82, 2.24) is 5.32 Å². The van der Waals surface area contributed by atoms with Gasteiger partial charge in [-0.1, -0.05) is 19.8 Å². The second kappa shape index (κ2) is 10.2. The van der Waals surface area contributed by atoms with Crippen LogP contribution in [-0.2, 0) is 13.2 Å². The highest BCUT2D eigenvalue weighted by Crippen LogP contribution is 2.38. The number of benzene rings is 1. The van der Waals surface area contributed by atoms with E-state index in [0.717, 1.165) is 18.9 Å². The first-order valence-corrected chi connectivity index (χ1v) is 9.53. The minimum atomic E-state index is -4.58. The summed E-state index contributed by atoms with van der Waals surface area (Å²) in [5, 5.41) is 4.95. The molecule has 2 N–H and O–H groups in total. The van der Waals surface area contributed by atoms with Crippen LogP contribution in [0.15, 0.2) is 42.7 Å². The SMILES string of the molecule is CCCCCOc1ccc(NC(=S)NC(=O)c2ccc[n+](C)c2)cc1C(F)(F)F. The number of hydrogen-bond acceptors (Lipinski definition) is 3. The van der Waals surface area contributed by atoms with Gasteiger partial charge in [0.15, 0.2) is 17.5 Å². The molecule has 0 saturated carbocycles. The van der Waals surface area contributed by atoms with Gasteiger partial charge in [-0.25, -0.2) is 4.57 Å². The standard InChI is InChI=1S/C20H22F3N3O2S/c1-3-4-5-11-28-17-9-8-15(12-16(17)20(21,22)23)24-19(29)25-18(27)14-7-6-10-26(2)13-14/h6-10,12-13H,3-5,11H2,1-2H3,(H-,24,25,27,29)/p+1. The lowest BCUT2D eigenvalue weighted by Gasteiger charge is -2.16. The van der Waals surface area contributed by atoms with Gasteiger partial charge in [0.1, 0.15) is 18.4 Å². The minimum absolute atomic E-state index is 0.0992. The Morgan fingerprint density at radius 1 is 1.24 bits per heavy atom. The topological polar surface area (TPSA) is 54.2 Å². The van der Waals surface area contributed by atoms with Gasteiger partial charge in [-0.15, -0.1) is 0 Å². The van der Waals surface area contributed by atoms with Gasteiger partial charge < -0.3 is 10.1 Å². The second-order valence-corrected chi connectivity index (χ2v) is 6.84. The largest absolute Gasteiger partial charge is 0.493 e. The van der Waals surface area contributed by atoms with Crippen LogP contribution in [0.5, 0.6) is 5.75 Å². The number of rotatable bonds is 7. The molecule has 156 valence electrons. The quantitative estimate of drug-likeness (QED) is 0.395. The lowest BCUT2D eigenvalue weighted by Crippen LogP contribution is -2.36. The number of pyridine rings is 1. The van der Waals surface area contributed by atoms with Crippen LogP contribution in [0.4, 0.5) is 18.9 Å². The molecule has 0 saturated heterocycles. The Labute approximate surface area is 172 Å². The molecule has 0 aliphatic rings. The molecule has 0 aliphatic heterocycles. The molecule has 5 nitrogen and oxygen atoms in total. The van der Waals surface area contributed by atoms with Crippen LogP contribution in [0.2, 0.25) is 0 Å². The Morgan fingerprint density at radius 2 is 2.00 bits per heavy atom. The van der Waals surface area contributed by atoms with E-state index in [9.17, 15) is 18.0 Å². The molecular weight excluding hydrogens is 403 g/mol. The lowest BCUT2D eigenvalue weighted by molar-refractivity contribution is -0.671. The van der Waals surface area contributed by atoms with Crippen molar-refractivity contribution in [3.05, 3.63) is 53.9 Å². The van der Waals surface area contributed by atoms with Crippen molar-refractivity contribution in [2.75, 3.05) is 11.9 Å². The zero-order chi connectivity index (χ0) is 21.4. The zero-order valence-electron chi connectivity index (χ0n) is 16.2. The number of halogens is 3. The van der Waals surface area contributed by atoms with Gasteiger partial charge in [0, 0.05) is 11.8 Å². The molecule has 9 heteroatoms. The summed E-state index contributed by atoms with van der Waals surface area (Å²) < 4.78 is 47.2. The zero-order valence-corrected chi connectivity index (χ0v) is 17.0. The summed E-state index contributed by atoms with van der Waals surface area (Å²) in [7, 11) is 1.76. The molecule has 1 amide bonds. The minimum Gasteiger partial charge on any atom is -0.493 e. The number of carbonyl (C=O) groups excluding carboxylic acids is 1. The summed E-state index contributed by atoms with van der Waals surface area (Å²) in [5.74, 6) is -0.698. The van der Waals surface area contributed by atoms with Gasteiger partial charge >= 0.3 is 6.18 Å². The van der Waals surface area contributed by atoms with Gasteiger partial charge in [-0.2, -0.15) is 13.2 Å². The van der Waals surface area contributed by atoms with Crippen molar-refractivity contribution in [2.24, 2.45) is 7.05 Å². The number of thiocarbonyl (C=S) groups is 1. The Kier molecular flexibility index (Phi) is 7.95. The smallest absolute Gasteiger partial charge is 0.420 e. The molecule has 1 aromatic heterocycles. The van der Waals surface area contributed by atoms with Crippen molar-refractivity contribution in [2.45, 2.75) is 32.4 Å². The molecule has 0 spiro atoms. The first-order chi connectivity index (χ1) is 13.7. The molecule has 0 bridgehead atoms. The van der Waals surface area contributed by atoms with Gasteiger partial charge in [-0.05, 0) is 42.9 Å². The maximum Gasteiger partial charge on any atom is 0.420 e. The summed E-state index contributed by atoms with van der Waals surface area (Å²) >= 11 is 5.05. The first-order valence-electron chi connectivity index (χ1n) is 9.12. The normalized spacial score (nSPS) is 11.1. The average molecular weight is 426 g/mol. The van der Waals surface area contributed by atoms with Crippen LogP contribution in [0.3, 0.4) is 0 Å². The third kappa shape index (κ3) is 7.01. The van der Waals surface area contributed by atoms with Gasteiger partial charge in [0.25, 0.3) is 5.91 Å². The monoisotopic (exact) mass is 426 g/mol. The molecule has 2 rings (SSSR count). The van der Waals surface area contributed by atoms with Gasteiger partial charge in [-0.3, -0.25) is 10.1 Å².